The number of benzene rings is 3. The van der Waals surface area contributed by atoms with Crippen LogP contribution in [0.1, 0.15) is 17.5 Å². The van der Waals surface area contributed by atoms with E-state index in [2.05, 4.69) is 5.32 Å². The molecule has 0 heterocycles. The Morgan fingerprint density at radius 1 is 0.975 bits per heavy atom. The maximum absolute atomic E-state index is 13.8. The smallest absolute Gasteiger partial charge is 0.273 e. The average Bonchev–Trinajstić information content (AvgIpc) is 2.93. The number of halogens is 1. The van der Waals surface area contributed by atoms with Crippen molar-refractivity contribution in [1.29, 1.82) is 0 Å². The lowest BCUT2D eigenvalue weighted by Gasteiger charge is -2.26. The van der Waals surface area contributed by atoms with Crippen LogP contribution in [-0.2, 0) is 21.2 Å². The van der Waals surface area contributed by atoms with Crippen LogP contribution in [0.15, 0.2) is 59.5 Å². The van der Waals surface area contributed by atoms with Crippen molar-refractivity contribution in [1.82, 2.24) is 5.32 Å². The van der Waals surface area contributed by atoms with Gasteiger partial charge in [0.1, 0.15) is 12.3 Å². The molecule has 3 aromatic rings. The minimum atomic E-state index is -4.46. The molecule has 3 rings (SSSR count). The van der Waals surface area contributed by atoms with Crippen LogP contribution in [0.4, 0.5) is 11.4 Å². The zero-order chi connectivity index (χ0) is 29.4. The SMILES string of the molecule is COc1ccc(CCCNC(=O)CN(c2cc(Cl)ccc2OC)S(=O)(=O)c2ccc(C)c([N+](=O)[O-])c2)cc1OC. The summed E-state index contributed by atoms with van der Waals surface area (Å²) in [7, 11) is -0.00769. The van der Waals surface area contributed by atoms with Gasteiger partial charge in [0.25, 0.3) is 15.7 Å². The van der Waals surface area contributed by atoms with E-state index in [1.54, 1.807) is 20.3 Å². The highest BCUT2D eigenvalue weighted by molar-refractivity contribution is 7.92. The van der Waals surface area contributed by atoms with Crippen molar-refractivity contribution in [3.63, 3.8) is 0 Å². The second kappa shape index (κ2) is 13.4. The molecule has 40 heavy (non-hydrogen) atoms. The Balaban J connectivity index is 1.83. The lowest BCUT2D eigenvalue weighted by molar-refractivity contribution is -0.385. The number of carbonyl (C=O) groups excluding carboxylic acids is 1. The van der Waals surface area contributed by atoms with Gasteiger partial charge in [-0.3, -0.25) is 19.2 Å². The molecule has 0 radical (unpaired) electrons. The molecule has 0 aliphatic rings. The summed E-state index contributed by atoms with van der Waals surface area (Å²) < 4.78 is 44.2. The lowest BCUT2D eigenvalue weighted by atomic mass is 10.1. The largest absolute Gasteiger partial charge is 0.495 e. The van der Waals surface area contributed by atoms with E-state index in [0.29, 0.717) is 29.9 Å². The number of hydrogen-bond donors (Lipinski definition) is 1. The van der Waals surface area contributed by atoms with Gasteiger partial charge in [0, 0.05) is 23.2 Å². The van der Waals surface area contributed by atoms with Crippen molar-refractivity contribution in [3.8, 4) is 17.2 Å². The maximum atomic E-state index is 13.8. The van der Waals surface area contributed by atoms with Gasteiger partial charge in [-0.2, -0.15) is 0 Å². The molecular formula is C27H30ClN3O8S. The lowest BCUT2D eigenvalue weighted by Crippen LogP contribution is -2.41. The summed E-state index contributed by atoms with van der Waals surface area (Å²) in [5, 5.41) is 14.4. The average molecular weight is 592 g/mol. The second-order valence-corrected chi connectivity index (χ2v) is 11.0. The van der Waals surface area contributed by atoms with Crippen LogP contribution < -0.4 is 23.8 Å². The monoisotopic (exact) mass is 591 g/mol. The number of methoxy groups -OCH3 is 3. The van der Waals surface area contributed by atoms with Gasteiger partial charge in [0.2, 0.25) is 5.91 Å². The predicted octanol–water partition coefficient (Wildman–Crippen LogP) is 4.53. The predicted molar refractivity (Wildman–Crippen MR) is 151 cm³/mol. The second-order valence-electron chi connectivity index (χ2n) is 8.68. The van der Waals surface area contributed by atoms with Gasteiger partial charge in [-0.1, -0.05) is 23.7 Å². The fourth-order valence-electron chi connectivity index (χ4n) is 3.97. The number of nitro groups is 1. The van der Waals surface area contributed by atoms with Crippen molar-refractivity contribution < 1.29 is 32.3 Å². The van der Waals surface area contributed by atoms with E-state index in [0.717, 1.165) is 15.9 Å². The zero-order valence-electron chi connectivity index (χ0n) is 22.5. The van der Waals surface area contributed by atoms with Crippen LogP contribution in [0.25, 0.3) is 0 Å². The van der Waals surface area contributed by atoms with Gasteiger partial charge >= 0.3 is 0 Å². The summed E-state index contributed by atoms with van der Waals surface area (Å²) in [6, 6.07) is 13.4. The molecule has 0 atom stereocenters. The van der Waals surface area contributed by atoms with Gasteiger partial charge < -0.3 is 19.5 Å². The third-order valence-corrected chi connectivity index (χ3v) is 8.07. The molecule has 13 heteroatoms. The van der Waals surface area contributed by atoms with Crippen molar-refractivity contribution in [2.75, 3.05) is 38.7 Å². The molecule has 0 aliphatic heterocycles. The fourth-order valence-corrected chi connectivity index (χ4v) is 5.58. The number of nitro benzene ring substituents is 1. The van der Waals surface area contributed by atoms with Crippen LogP contribution in [-0.4, -0.2) is 53.7 Å². The van der Waals surface area contributed by atoms with E-state index in [9.17, 15) is 23.3 Å². The highest BCUT2D eigenvalue weighted by Crippen LogP contribution is 2.35. The fraction of sp³-hybridized carbons (Fsp3) is 0.296. The molecule has 0 saturated heterocycles. The van der Waals surface area contributed by atoms with Crippen molar-refractivity contribution >= 4 is 38.9 Å². The van der Waals surface area contributed by atoms with Gasteiger partial charge in [-0.15, -0.1) is 0 Å². The van der Waals surface area contributed by atoms with Gasteiger partial charge in [-0.25, -0.2) is 8.42 Å². The molecule has 0 saturated carbocycles. The summed E-state index contributed by atoms with van der Waals surface area (Å²) in [6.45, 7) is 1.16. The van der Waals surface area contributed by atoms with Gasteiger partial charge in [0.15, 0.2) is 11.5 Å². The first-order valence-corrected chi connectivity index (χ1v) is 13.9. The number of hydrogen-bond acceptors (Lipinski definition) is 8. The van der Waals surface area contributed by atoms with E-state index >= 15 is 0 Å². The maximum Gasteiger partial charge on any atom is 0.273 e. The summed E-state index contributed by atoms with van der Waals surface area (Å²) in [6.07, 6.45) is 1.19. The Morgan fingerprint density at radius 2 is 1.65 bits per heavy atom. The van der Waals surface area contributed by atoms with E-state index in [1.165, 1.54) is 44.4 Å². The molecule has 1 N–H and O–H groups in total. The number of nitrogens with zero attached hydrogens (tertiary/aromatic N) is 2. The molecule has 0 bridgehead atoms. The van der Waals surface area contributed by atoms with Gasteiger partial charge in [0.05, 0.1) is 36.8 Å². The molecule has 0 spiro atoms. The molecule has 0 fully saturated rings. The number of nitrogens with one attached hydrogen (secondary N) is 1. The topological polar surface area (TPSA) is 137 Å². The van der Waals surface area contributed by atoms with Crippen molar-refractivity contribution in [2.45, 2.75) is 24.7 Å². The number of rotatable bonds is 13. The van der Waals surface area contributed by atoms with E-state index < -0.39 is 27.4 Å². The first-order chi connectivity index (χ1) is 19.0. The molecule has 0 aliphatic carbocycles. The number of sulfonamides is 1. The third-order valence-electron chi connectivity index (χ3n) is 6.07. The molecule has 11 nitrogen and oxygen atoms in total. The molecule has 0 unspecified atom stereocenters. The quantitative estimate of drug-likeness (QED) is 0.174. The van der Waals surface area contributed by atoms with Crippen LogP contribution in [0.2, 0.25) is 5.02 Å². The number of carbonyl (C=O) groups is 1. The number of amides is 1. The van der Waals surface area contributed by atoms with Crippen molar-refractivity contribution in [2.24, 2.45) is 0 Å². The molecule has 214 valence electrons. The van der Waals surface area contributed by atoms with E-state index in [-0.39, 0.29) is 33.6 Å². The summed E-state index contributed by atoms with van der Waals surface area (Å²) >= 11 is 6.16. The molecular weight excluding hydrogens is 562 g/mol. The summed E-state index contributed by atoms with van der Waals surface area (Å²) in [5.41, 5.74) is 0.918. The van der Waals surface area contributed by atoms with Crippen LogP contribution in [0.5, 0.6) is 17.2 Å². The van der Waals surface area contributed by atoms with E-state index in [1.807, 2.05) is 12.1 Å². The Kier molecular flexibility index (Phi) is 10.2. The molecule has 0 aromatic heterocycles. The highest BCUT2D eigenvalue weighted by atomic mass is 35.5. The Hall–Kier alpha value is -4.03. The Morgan fingerprint density at radius 3 is 2.30 bits per heavy atom. The summed E-state index contributed by atoms with van der Waals surface area (Å²) in [5.74, 6) is 0.767. The van der Waals surface area contributed by atoms with Gasteiger partial charge in [-0.05, 0) is 61.7 Å². The Bertz CT molecular complexity index is 1500. The highest BCUT2D eigenvalue weighted by Gasteiger charge is 2.31. The first kappa shape index (κ1) is 30.5. The minimum Gasteiger partial charge on any atom is -0.495 e. The minimum absolute atomic E-state index is 0.0127. The summed E-state index contributed by atoms with van der Waals surface area (Å²) in [4.78, 5) is 23.4. The van der Waals surface area contributed by atoms with Crippen LogP contribution in [0.3, 0.4) is 0 Å². The number of aryl methyl sites for hydroxylation is 2. The van der Waals surface area contributed by atoms with E-state index in [4.69, 9.17) is 25.8 Å². The van der Waals surface area contributed by atoms with Crippen LogP contribution in [0, 0.1) is 17.0 Å². The van der Waals surface area contributed by atoms with Crippen LogP contribution >= 0.6 is 11.6 Å². The Labute approximate surface area is 237 Å². The van der Waals surface area contributed by atoms with Crippen molar-refractivity contribution in [3.05, 3.63) is 80.9 Å². The first-order valence-electron chi connectivity index (χ1n) is 12.1. The normalized spacial score (nSPS) is 11.0. The number of ether oxygens (including phenoxy) is 3. The molecule has 1 amide bonds. The third kappa shape index (κ3) is 7.13. The number of anilines is 1. The zero-order valence-corrected chi connectivity index (χ0v) is 24.0. The standard InChI is InChI=1S/C27H30ClN3O8S/c1-18-7-10-21(16-22(18)31(33)34)40(35,36)30(23-15-20(28)9-12-24(23)37-2)17-27(32)29-13-5-6-19-8-11-25(38-3)26(14-19)39-4/h7-12,14-16H,5-6,13,17H2,1-4H3,(H,29,32). The molecule has 3 aromatic carbocycles.